The molecule has 0 atom stereocenters. The molecular formula is C20H17BrN2O3. The van der Waals surface area contributed by atoms with Crippen LogP contribution in [0.25, 0.3) is 0 Å². The van der Waals surface area contributed by atoms with Crippen LogP contribution in [-0.4, -0.2) is 16.0 Å². The molecule has 0 spiro atoms. The number of aromatic nitrogens is 1. The number of phenolic OH excluding ortho intramolecular Hbond substituents is 1. The van der Waals surface area contributed by atoms with Crippen LogP contribution in [0.2, 0.25) is 0 Å². The van der Waals surface area contributed by atoms with Crippen molar-refractivity contribution in [3.8, 4) is 11.5 Å². The Labute approximate surface area is 159 Å². The van der Waals surface area contributed by atoms with Gasteiger partial charge in [-0.05, 0) is 48.0 Å². The molecule has 0 aliphatic carbocycles. The summed E-state index contributed by atoms with van der Waals surface area (Å²) in [6, 6.07) is 17.9. The number of hydrogen-bond acceptors (Lipinski definition) is 4. The first-order chi connectivity index (χ1) is 12.6. The van der Waals surface area contributed by atoms with Gasteiger partial charge >= 0.3 is 0 Å². The first-order valence-electron chi connectivity index (χ1n) is 8.00. The van der Waals surface area contributed by atoms with Gasteiger partial charge in [-0.2, -0.15) is 0 Å². The van der Waals surface area contributed by atoms with Gasteiger partial charge in [0.2, 0.25) is 0 Å². The average molecular weight is 413 g/mol. The number of phenols is 1. The maximum atomic E-state index is 12.2. The molecule has 6 heteroatoms. The number of nitrogens with one attached hydrogen (secondary N) is 1. The van der Waals surface area contributed by atoms with Crippen molar-refractivity contribution in [2.75, 3.05) is 0 Å². The van der Waals surface area contributed by atoms with E-state index in [9.17, 15) is 9.90 Å². The van der Waals surface area contributed by atoms with Gasteiger partial charge in [0.15, 0.2) is 0 Å². The van der Waals surface area contributed by atoms with Crippen LogP contribution < -0.4 is 10.1 Å². The lowest BCUT2D eigenvalue weighted by atomic mass is 10.1. The molecule has 2 aromatic carbocycles. The van der Waals surface area contributed by atoms with E-state index in [1.807, 2.05) is 42.5 Å². The highest BCUT2D eigenvalue weighted by atomic mass is 79.9. The van der Waals surface area contributed by atoms with E-state index < -0.39 is 0 Å². The molecule has 0 bridgehead atoms. The number of aromatic hydroxyl groups is 1. The first kappa shape index (κ1) is 17.9. The number of carbonyl (C=O) groups excluding carboxylic acids is 1. The molecule has 1 aromatic heterocycles. The lowest BCUT2D eigenvalue weighted by Gasteiger charge is -2.10. The number of amides is 1. The quantitative estimate of drug-likeness (QED) is 0.640. The van der Waals surface area contributed by atoms with Crippen LogP contribution in [0.5, 0.6) is 11.5 Å². The maximum Gasteiger partial charge on any atom is 0.255 e. The van der Waals surface area contributed by atoms with Crippen LogP contribution in [-0.2, 0) is 13.2 Å². The zero-order valence-electron chi connectivity index (χ0n) is 13.9. The average Bonchev–Trinajstić information content (AvgIpc) is 2.66. The molecule has 0 unspecified atom stereocenters. The monoisotopic (exact) mass is 412 g/mol. The highest BCUT2D eigenvalue weighted by molar-refractivity contribution is 9.10. The summed E-state index contributed by atoms with van der Waals surface area (Å²) in [4.78, 5) is 16.4. The minimum absolute atomic E-state index is 0.0654. The van der Waals surface area contributed by atoms with E-state index in [4.69, 9.17) is 4.74 Å². The van der Waals surface area contributed by atoms with Gasteiger partial charge in [-0.1, -0.05) is 34.1 Å². The van der Waals surface area contributed by atoms with Crippen molar-refractivity contribution in [1.29, 1.82) is 0 Å². The van der Waals surface area contributed by atoms with E-state index in [1.165, 1.54) is 6.07 Å². The van der Waals surface area contributed by atoms with Crippen LogP contribution >= 0.6 is 15.9 Å². The molecule has 0 aliphatic heterocycles. The summed E-state index contributed by atoms with van der Waals surface area (Å²) < 4.78 is 6.45. The van der Waals surface area contributed by atoms with Crippen molar-refractivity contribution < 1.29 is 14.6 Å². The Bertz CT molecular complexity index is 901. The Hall–Kier alpha value is -2.86. The number of nitrogens with zero attached hydrogens (tertiary/aromatic N) is 1. The van der Waals surface area contributed by atoms with Crippen LogP contribution in [0.3, 0.4) is 0 Å². The third-order valence-corrected chi connectivity index (χ3v) is 4.16. The first-order valence-corrected chi connectivity index (χ1v) is 8.79. The zero-order valence-corrected chi connectivity index (χ0v) is 15.4. The Kier molecular flexibility index (Phi) is 5.86. The summed E-state index contributed by atoms with van der Waals surface area (Å²) in [6.07, 6.45) is 1.72. The van der Waals surface area contributed by atoms with Gasteiger partial charge in [-0.3, -0.25) is 9.78 Å². The topological polar surface area (TPSA) is 71.5 Å². The standard InChI is InChI=1S/C20H17BrN2O3/c21-15-7-8-18(19(24)11-15)20(25)23-12-14-4-3-6-17(10-14)26-13-16-5-1-2-9-22-16/h1-11,24H,12-13H2,(H,23,25). The van der Waals surface area contributed by atoms with Gasteiger partial charge in [0.25, 0.3) is 5.91 Å². The smallest absolute Gasteiger partial charge is 0.255 e. The Morgan fingerprint density at radius 1 is 1.12 bits per heavy atom. The fourth-order valence-electron chi connectivity index (χ4n) is 2.36. The predicted molar refractivity (Wildman–Crippen MR) is 102 cm³/mol. The molecule has 0 aliphatic rings. The van der Waals surface area contributed by atoms with Gasteiger partial charge in [0, 0.05) is 17.2 Å². The van der Waals surface area contributed by atoms with E-state index in [1.54, 1.807) is 18.3 Å². The Morgan fingerprint density at radius 3 is 2.77 bits per heavy atom. The van der Waals surface area contributed by atoms with E-state index in [0.717, 1.165) is 11.3 Å². The number of benzene rings is 2. The summed E-state index contributed by atoms with van der Waals surface area (Å²) in [5, 5.41) is 12.7. The van der Waals surface area contributed by atoms with Crippen LogP contribution in [0.15, 0.2) is 71.3 Å². The van der Waals surface area contributed by atoms with E-state index in [2.05, 4.69) is 26.2 Å². The van der Waals surface area contributed by atoms with Crippen molar-refractivity contribution in [3.05, 3.63) is 88.2 Å². The summed E-state index contributed by atoms with van der Waals surface area (Å²) in [5.41, 5.74) is 1.97. The van der Waals surface area contributed by atoms with Crippen LogP contribution in [0.4, 0.5) is 0 Å². The number of carbonyl (C=O) groups is 1. The fraction of sp³-hybridized carbons (Fsp3) is 0.100. The summed E-state index contributed by atoms with van der Waals surface area (Å²) >= 11 is 3.25. The molecule has 26 heavy (non-hydrogen) atoms. The molecule has 1 heterocycles. The number of hydrogen-bond donors (Lipinski definition) is 2. The third-order valence-electron chi connectivity index (χ3n) is 3.67. The molecule has 1 amide bonds. The molecular weight excluding hydrogens is 396 g/mol. The van der Waals surface area contributed by atoms with E-state index in [0.29, 0.717) is 23.4 Å². The SMILES string of the molecule is O=C(NCc1cccc(OCc2ccccn2)c1)c1ccc(Br)cc1O. The molecule has 3 rings (SSSR count). The Balaban J connectivity index is 1.59. The highest BCUT2D eigenvalue weighted by Gasteiger charge is 2.11. The molecule has 3 aromatic rings. The second-order valence-electron chi connectivity index (χ2n) is 5.60. The largest absolute Gasteiger partial charge is 0.507 e. The van der Waals surface area contributed by atoms with Gasteiger partial charge in [0.1, 0.15) is 18.1 Å². The minimum Gasteiger partial charge on any atom is -0.507 e. The lowest BCUT2D eigenvalue weighted by Crippen LogP contribution is -2.22. The van der Waals surface area contributed by atoms with Crippen molar-refractivity contribution >= 4 is 21.8 Å². The summed E-state index contributed by atoms with van der Waals surface area (Å²) in [6.45, 7) is 0.707. The number of ether oxygens (including phenoxy) is 1. The zero-order chi connectivity index (χ0) is 18.4. The number of pyridine rings is 1. The van der Waals surface area contributed by atoms with Crippen molar-refractivity contribution in [3.63, 3.8) is 0 Å². The second kappa shape index (κ2) is 8.49. The molecule has 2 N–H and O–H groups in total. The normalized spacial score (nSPS) is 10.3. The van der Waals surface area contributed by atoms with Crippen molar-refractivity contribution in [1.82, 2.24) is 10.3 Å². The van der Waals surface area contributed by atoms with Crippen LogP contribution in [0, 0.1) is 0 Å². The molecule has 0 fully saturated rings. The highest BCUT2D eigenvalue weighted by Crippen LogP contribution is 2.22. The summed E-state index contributed by atoms with van der Waals surface area (Å²) in [7, 11) is 0. The van der Waals surface area contributed by atoms with E-state index >= 15 is 0 Å². The maximum absolute atomic E-state index is 12.2. The molecule has 0 saturated carbocycles. The Morgan fingerprint density at radius 2 is 2.00 bits per heavy atom. The van der Waals surface area contributed by atoms with Gasteiger partial charge in [-0.25, -0.2) is 0 Å². The van der Waals surface area contributed by atoms with Gasteiger partial charge in [0.05, 0.1) is 11.3 Å². The molecule has 132 valence electrons. The molecule has 5 nitrogen and oxygen atoms in total. The van der Waals surface area contributed by atoms with Gasteiger partial charge < -0.3 is 15.2 Å². The predicted octanol–water partition coefficient (Wildman–Crippen LogP) is 4.06. The third kappa shape index (κ3) is 4.83. The molecule has 0 radical (unpaired) electrons. The number of rotatable bonds is 6. The van der Waals surface area contributed by atoms with Crippen LogP contribution in [0.1, 0.15) is 21.6 Å². The molecule has 0 saturated heterocycles. The number of halogens is 1. The van der Waals surface area contributed by atoms with Gasteiger partial charge in [-0.15, -0.1) is 0 Å². The minimum atomic E-state index is -0.338. The second-order valence-corrected chi connectivity index (χ2v) is 6.52. The summed E-state index contributed by atoms with van der Waals surface area (Å²) in [5.74, 6) is 0.299. The lowest BCUT2D eigenvalue weighted by molar-refractivity contribution is 0.0948. The fourth-order valence-corrected chi connectivity index (χ4v) is 2.71. The van der Waals surface area contributed by atoms with Crippen molar-refractivity contribution in [2.45, 2.75) is 13.2 Å². The van der Waals surface area contributed by atoms with E-state index in [-0.39, 0.29) is 17.2 Å². The van der Waals surface area contributed by atoms with Crippen molar-refractivity contribution in [2.24, 2.45) is 0 Å².